The van der Waals surface area contributed by atoms with Gasteiger partial charge >= 0.3 is 0 Å². The maximum absolute atomic E-state index is 6.84. The van der Waals surface area contributed by atoms with Gasteiger partial charge in [-0.15, -0.1) is 0 Å². The quantitative estimate of drug-likeness (QED) is 0.905. The van der Waals surface area contributed by atoms with Crippen LogP contribution in [0, 0.1) is 10.8 Å². The van der Waals surface area contributed by atoms with Crippen molar-refractivity contribution in [2.75, 3.05) is 0 Å². The van der Waals surface area contributed by atoms with E-state index in [2.05, 4.69) is 38.7 Å². The zero-order valence-corrected chi connectivity index (χ0v) is 14.4. The van der Waals surface area contributed by atoms with Gasteiger partial charge in [-0.05, 0) is 55.6 Å². The van der Waals surface area contributed by atoms with Crippen molar-refractivity contribution < 1.29 is 4.74 Å². The number of pyridine rings is 1. The summed E-state index contributed by atoms with van der Waals surface area (Å²) >= 11 is 0. The lowest BCUT2D eigenvalue weighted by atomic mass is 9.57. The van der Waals surface area contributed by atoms with Gasteiger partial charge in [0.25, 0.3) is 0 Å². The first-order valence-electron chi connectivity index (χ1n) is 7.93. The number of aromatic nitrogens is 1. The predicted octanol–water partition coefficient (Wildman–Crippen LogP) is 4.26. The topological polar surface area (TPSA) is 48.1 Å². The van der Waals surface area contributed by atoms with Gasteiger partial charge in [-0.3, -0.25) is 4.98 Å². The van der Waals surface area contributed by atoms with Crippen LogP contribution in [0.1, 0.15) is 66.4 Å². The van der Waals surface area contributed by atoms with Crippen LogP contribution >= 0.6 is 0 Å². The lowest BCUT2D eigenvalue weighted by Crippen LogP contribution is -2.49. The molecule has 1 aliphatic carbocycles. The lowest BCUT2D eigenvalue weighted by Gasteiger charge is -2.50. The number of ether oxygens (including phenoxy) is 1. The molecule has 0 saturated heterocycles. The summed E-state index contributed by atoms with van der Waals surface area (Å²) in [4.78, 5) is 4.35. The number of rotatable bonds is 3. The summed E-state index contributed by atoms with van der Waals surface area (Å²) in [5.41, 5.74) is 8.09. The van der Waals surface area contributed by atoms with Crippen molar-refractivity contribution in [3.8, 4) is 5.75 Å². The van der Waals surface area contributed by atoms with E-state index in [1.54, 1.807) is 6.20 Å². The Balaban J connectivity index is 2.34. The smallest absolute Gasteiger partial charge is 0.138 e. The van der Waals surface area contributed by atoms with Crippen LogP contribution in [0.25, 0.3) is 0 Å². The number of nitrogens with zero attached hydrogens (tertiary/aromatic N) is 1. The first-order chi connectivity index (χ1) is 9.51. The van der Waals surface area contributed by atoms with Crippen LogP contribution < -0.4 is 10.5 Å². The Hall–Kier alpha value is -1.09. The van der Waals surface area contributed by atoms with E-state index in [9.17, 15) is 0 Å². The van der Waals surface area contributed by atoms with Crippen LogP contribution in [0.5, 0.6) is 5.75 Å². The molecule has 3 nitrogen and oxygen atoms in total. The van der Waals surface area contributed by atoms with Gasteiger partial charge in [0.15, 0.2) is 0 Å². The Morgan fingerprint density at radius 3 is 2.14 bits per heavy atom. The summed E-state index contributed by atoms with van der Waals surface area (Å²) in [5.74, 6) is 0.813. The van der Waals surface area contributed by atoms with E-state index in [0.29, 0.717) is 0 Å². The fourth-order valence-corrected chi connectivity index (χ4v) is 4.42. The van der Waals surface area contributed by atoms with Crippen molar-refractivity contribution in [3.63, 3.8) is 0 Å². The van der Waals surface area contributed by atoms with Gasteiger partial charge in [0.1, 0.15) is 5.75 Å². The standard InChI is InChI=1S/C18H30N2O/c1-13(2)21-15-7-14(8-20-9-15)18(19)11-16(3,4)10-17(5,6)12-18/h7-9,13H,10-12,19H2,1-6H3. The van der Waals surface area contributed by atoms with Gasteiger partial charge in [-0.1, -0.05) is 27.7 Å². The minimum atomic E-state index is -0.325. The predicted molar refractivity (Wildman–Crippen MR) is 87.3 cm³/mol. The summed E-state index contributed by atoms with van der Waals surface area (Å²) in [6.45, 7) is 13.3. The summed E-state index contributed by atoms with van der Waals surface area (Å²) < 4.78 is 5.78. The summed E-state index contributed by atoms with van der Waals surface area (Å²) in [5, 5.41) is 0. The van der Waals surface area contributed by atoms with Gasteiger partial charge in [-0.25, -0.2) is 0 Å². The first kappa shape index (κ1) is 16.3. The molecule has 1 aliphatic rings. The first-order valence-corrected chi connectivity index (χ1v) is 7.93. The Kier molecular flexibility index (Phi) is 4.09. The molecule has 0 spiro atoms. The molecule has 3 heteroatoms. The van der Waals surface area contributed by atoms with Crippen molar-refractivity contribution in [2.45, 2.75) is 72.4 Å². The molecule has 118 valence electrons. The van der Waals surface area contributed by atoms with Crippen molar-refractivity contribution in [2.24, 2.45) is 16.6 Å². The lowest BCUT2D eigenvalue weighted by molar-refractivity contribution is 0.0467. The fourth-order valence-electron chi connectivity index (χ4n) is 4.42. The van der Waals surface area contributed by atoms with Gasteiger partial charge in [-0.2, -0.15) is 0 Å². The zero-order valence-electron chi connectivity index (χ0n) is 14.4. The average Bonchev–Trinajstić information content (AvgIpc) is 2.23. The monoisotopic (exact) mass is 290 g/mol. The SMILES string of the molecule is CC(C)Oc1cncc(C2(N)CC(C)(C)CC(C)(C)C2)c1. The van der Waals surface area contributed by atoms with E-state index < -0.39 is 0 Å². The second-order valence-corrected chi connectivity index (χ2v) is 8.59. The van der Waals surface area contributed by atoms with Crippen molar-refractivity contribution in [1.82, 2.24) is 4.98 Å². The maximum atomic E-state index is 6.84. The van der Waals surface area contributed by atoms with E-state index >= 15 is 0 Å². The molecule has 0 atom stereocenters. The zero-order chi connectivity index (χ0) is 15.9. The van der Waals surface area contributed by atoms with Crippen molar-refractivity contribution in [3.05, 3.63) is 24.0 Å². The second kappa shape index (κ2) is 5.28. The minimum absolute atomic E-state index is 0.148. The molecule has 1 saturated carbocycles. The molecule has 0 aromatic carbocycles. The summed E-state index contributed by atoms with van der Waals surface area (Å²) in [6.07, 6.45) is 6.99. The van der Waals surface area contributed by atoms with Crippen LogP contribution in [0.2, 0.25) is 0 Å². The van der Waals surface area contributed by atoms with Crippen LogP contribution in [-0.2, 0) is 5.54 Å². The fraction of sp³-hybridized carbons (Fsp3) is 0.722. The highest BCUT2D eigenvalue weighted by Crippen LogP contribution is 2.52. The van der Waals surface area contributed by atoms with Gasteiger partial charge in [0.2, 0.25) is 0 Å². The Morgan fingerprint density at radius 2 is 1.62 bits per heavy atom. The van der Waals surface area contributed by atoms with Gasteiger partial charge < -0.3 is 10.5 Å². The van der Waals surface area contributed by atoms with E-state index in [0.717, 1.165) is 24.2 Å². The molecular formula is C18H30N2O. The Bertz CT molecular complexity index is 490. The van der Waals surface area contributed by atoms with Crippen LogP contribution in [0.3, 0.4) is 0 Å². The third-order valence-corrected chi connectivity index (χ3v) is 4.20. The largest absolute Gasteiger partial charge is 0.489 e. The molecule has 21 heavy (non-hydrogen) atoms. The molecule has 0 radical (unpaired) electrons. The molecular weight excluding hydrogens is 260 g/mol. The Labute approximate surface area is 129 Å². The molecule has 1 aromatic rings. The molecule has 2 N–H and O–H groups in total. The highest BCUT2D eigenvalue weighted by molar-refractivity contribution is 5.31. The van der Waals surface area contributed by atoms with Gasteiger partial charge in [0, 0.05) is 11.7 Å². The third kappa shape index (κ3) is 3.97. The van der Waals surface area contributed by atoms with Crippen LogP contribution in [0.15, 0.2) is 18.5 Å². The molecule has 0 amide bonds. The molecule has 1 heterocycles. The molecule has 1 fully saturated rings. The van der Waals surface area contributed by atoms with Crippen molar-refractivity contribution >= 4 is 0 Å². The molecule has 0 unspecified atom stereocenters. The maximum Gasteiger partial charge on any atom is 0.138 e. The second-order valence-electron chi connectivity index (χ2n) is 8.59. The number of hydrogen-bond donors (Lipinski definition) is 1. The third-order valence-electron chi connectivity index (χ3n) is 4.20. The Morgan fingerprint density at radius 1 is 1.05 bits per heavy atom. The van der Waals surface area contributed by atoms with E-state index in [1.807, 2.05) is 20.0 Å². The van der Waals surface area contributed by atoms with Crippen molar-refractivity contribution in [1.29, 1.82) is 0 Å². The van der Waals surface area contributed by atoms with Crippen LogP contribution in [-0.4, -0.2) is 11.1 Å². The van der Waals surface area contributed by atoms with E-state index in [4.69, 9.17) is 10.5 Å². The van der Waals surface area contributed by atoms with Crippen LogP contribution in [0.4, 0.5) is 0 Å². The van der Waals surface area contributed by atoms with E-state index in [1.165, 1.54) is 6.42 Å². The summed E-state index contributed by atoms with van der Waals surface area (Å²) in [7, 11) is 0. The molecule has 1 aromatic heterocycles. The molecule has 2 rings (SSSR count). The number of nitrogens with two attached hydrogens (primary N) is 1. The average molecular weight is 290 g/mol. The highest BCUT2D eigenvalue weighted by atomic mass is 16.5. The van der Waals surface area contributed by atoms with Gasteiger partial charge in [0.05, 0.1) is 12.3 Å². The molecule has 0 aliphatic heterocycles. The highest BCUT2D eigenvalue weighted by Gasteiger charge is 2.46. The van der Waals surface area contributed by atoms with E-state index in [-0.39, 0.29) is 22.5 Å². The molecule has 0 bridgehead atoms. The minimum Gasteiger partial charge on any atom is -0.489 e. The number of hydrogen-bond acceptors (Lipinski definition) is 3. The summed E-state index contributed by atoms with van der Waals surface area (Å²) in [6, 6.07) is 2.07. The normalized spacial score (nSPS) is 23.0.